The van der Waals surface area contributed by atoms with Crippen LogP contribution in [0.25, 0.3) is 0 Å². The van der Waals surface area contributed by atoms with Crippen LogP contribution in [0.5, 0.6) is 0 Å². The van der Waals surface area contributed by atoms with Crippen molar-refractivity contribution in [3.8, 4) is 0 Å². The Morgan fingerprint density at radius 1 is 1.20 bits per heavy atom. The van der Waals surface area contributed by atoms with E-state index in [1.54, 1.807) is 6.07 Å². The summed E-state index contributed by atoms with van der Waals surface area (Å²) in [6.45, 7) is 0. The molecule has 0 bridgehead atoms. The predicted octanol–water partition coefficient (Wildman–Crippen LogP) is 3.49. The minimum absolute atomic E-state index is 0.0188. The van der Waals surface area contributed by atoms with Gasteiger partial charge in [0.15, 0.2) is 0 Å². The number of carboxylic acids is 1. The van der Waals surface area contributed by atoms with Gasteiger partial charge in [0.1, 0.15) is 5.82 Å². The van der Waals surface area contributed by atoms with Gasteiger partial charge in [-0.05, 0) is 42.0 Å². The summed E-state index contributed by atoms with van der Waals surface area (Å²) in [5, 5.41) is 8.79. The Bertz CT molecular complexity index is 671. The summed E-state index contributed by atoms with van der Waals surface area (Å²) in [6, 6.07) is 10.0. The van der Waals surface area contributed by atoms with E-state index in [-0.39, 0.29) is 16.3 Å². The van der Waals surface area contributed by atoms with Gasteiger partial charge in [0.25, 0.3) is 0 Å². The number of hydrogen-bond donors (Lipinski definition) is 1. The van der Waals surface area contributed by atoms with Crippen molar-refractivity contribution in [3.63, 3.8) is 0 Å². The lowest BCUT2D eigenvalue weighted by molar-refractivity contribution is 0.0697. The lowest BCUT2D eigenvalue weighted by Crippen LogP contribution is -1.99. The van der Waals surface area contributed by atoms with E-state index in [1.165, 1.54) is 36.4 Å². The molecule has 1 N–H and O–H groups in total. The van der Waals surface area contributed by atoms with Crippen molar-refractivity contribution in [2.24, 2.45) is 0 Å². The smallest absolute Gasteiger partial charge is 0.335 e. The number of halogens is 2. The molecule has 1 unspecified atom stereocenters. The van der Waals surface area contributed by atoms with Crippen LogP contribution >= 0.6 is 11.6 Å². The zero-order valence-electron chi connectivity index (χ0n) is 10.2. The first-order valence-corrected chi connectivity index (χ1v) is 7.33. The number of carbonyl (C=O) groups is 1. The molecule has 0 heterocycles. The minimum atomic E-state index is -1.37. The molecular formula is C14H10ClFO3S. The van der Waals surface area contributed by atoms with Crippen molar-refractivity contribution in [1.29, 1.82) is 0 Å². The standard InChI is InChI=1S/C14H10ClFO3S/c15-12-6-1-9(7-13(12)16)8-20(19)11-4-2-10(3-5-11)14(17)18/h1-7H,8H2,(H,17,18). The molecule has 0 aliphatic rings. The molecule has 0 radical (unpaired) electrons. The molecule has 2 rings (SSSR count). The van der Waals surface area contributed by atoms with E-state index in [2.05, 4.69) is 0 Å². The Kier molecular flexibility index (Phi) is 4.52. The molecule has 0 aliphatic carbocycles. The molecule has 2 aromatic carbocycles. The number of benzene rings is 2. The number of hydrogen-bond acceptors (Lipinski definition) is 2. The lowest BCUT2D eigenvalue weighted by atomic mass is 10.2. The highest BCUT2D eigenvalue weighted by molar-refractivity contribution is 7.84. The normalized spacial score (nSPS) is 12.1. The van der Waals surface area contributed by atoms with Crippen LogP contribution in [0, 0.1) is 5.82 Å². The molecule has 0 spiro atoms. The summed E-state index contributed by atoms with van der Waals surface area (Å²) in [5.41, 5.74) is 0.691. The van der Waals surface area contributed by atoms with Crippen molar-refractivity contribution in [2.45, 2.75) is 10.6 Å². The number of aromatic carboxylic acids is 1. The first-order valence-electron chi connectivity index (χ1n) is 5.63. The van der Waals surface area contributed by atoms with E-state index in [4.69, 9.17) is 16.7 Å². The average Bonchev–Trinajstić information content (AvgIpc) is 2.43. The second-order valence-corrected chi connectivity index (χ2v) is 5.93. The Labute approximate surface area is 122 Å². The van der Waals surface area contributed by atoms with E-state index in [9.17, 15) is 13.4 Å². The first kappa shape index (κ1) is 14.7. The largest absolute Gasteiger partial charge is 0.478 e. The van der Waals surface area contributed by atoms with E-state index in [1.807, 2.05) is 0 Å². The summed E-state index contributed by atoms with van der Waals surface area (Å²) in [5.74, 6) is -1.45. The molecule has 3 nitrogen and oxygen atoms in total. The van der Waals surface area contributed by atoms with E-state index >= 15 is 0 Å². The summed E-state index contributed by atoms with van der Waals surface area (Å²) >= 11 is 5.57. The highest BCUT2D eigenvalue weighted by Gasteiger charge is 2.09. The van der Waals surface area contributed by atoms with Crippen LogP contribution in [0.4, 0.5) is 4.39 Å². The van der Waals surface area contributed by atoms with E-state index in [0.717, 1.165) is 0 Å². The predicted molar refractivity (Wildman–Crippen MR) is 74.9 cm³/mol. The highest BCUT2D eigenvalue weighted by atomic mass is 35.5. The van der Waals surface area contributed by atoms with Gasteiger partial charge in [0.2, 0.25) is 0 Å². The van der Waals surface area contributed by atoms with Crippen LogP contribution in [-0.4, -0.2) is 15.3 Å². The Balaban J connectivity index is 2.15. The van der Waals surface area contributed by atoms with Gasteiger partial charge in [-0.2, -0.15) is 0 Å². The second kappa shape index (κ2) is 6.15. The van der Waals surface area contributed by atoms with Crippen LogP contribution < -0.4 is 0 Å². The SMILES string of the molecule is O=C(O)c1ccc(S(=O)Cc2ccc(Cl)c(F)c2)cc1. The zero-order valence-corrected chi connectivity index (χ0v) is 11.7. The second-order valence-electron chi connectivity index (χ2n) is 4.07. The number of carboxylic acid groups (broad SMARTS) is 1. The summed E-state index contributed by atoms with van der Waals surface area (Å²) < 4.78 is 25.4. The van der Waals surface area contributed by atoms with E-state index in [0.29, 0.717) is 10.5 Å². The van der Waals surface area contributed by atoms with Gasteiger partial charge in [-0.1, -0.05) is 17.7 Å². The van der Waals surface area contributed by atoms with Crippen LogP contribution in [0.1, 0.15) is 15.9 Å². The molecule has 20 heavy (non-hydrogen) atoms. The maximum Gasteiger partial charge on any atom is 0.335 e. The molecule has 0 saturated carbocycles. The molecule has 6 heteroatoms. The van der Waals surface area contributed by atoms with Gasteiger partial charge in [0.05, 0.1) is 27.1 Å². The quantitative estimate of drug-likeness (QED) is 0.940. The molecule has 0 aliphatic heterocycles. The molecule has 0 saturated heterocycles. The molecule has 0 amide bonds. The fraction of sp³-hybridized carbons (Fsp3) is 0.0714. The fourth-order valence-corrected chi connectivity index (χ4v) is 2.82. The van der Waals surface area contributed by atoms with Crippen LogP contribution in [-0.2, 0) is 16.6 Å². The Morgan fingerprint density at radius 3 is 2.40 bits per heavy atom. The van der Waals surface area contributed by atoms with Gasteiger partial charge < -0.3 is 5.11 Å². The van der Waals surface area contributed by atoms with Crippen molar-refractivity contribution >= 4 is 28.4 Å². The van der Waals surface area contributed by atoms with Gasteiger partial charge >= 0.3 is 5.97 Å². The number of rotatable bonds is 4. The molecule has 1 atom stereocenters. The van der Waals surface area contributed by atoms with Crippen molar-refractivity contribution in [3.05, 3.63) is 64.4 Å². The molecule has 104 valence electrons. The maximum absolute atomic E-state index is 13.3. The highest BCUT2D eigenvalue weighted by Crippen LogP contribution is 2.19. The van der Waals surface area contributed by atoms with Crippen molar-refractivity contribution < 1.29 is 18.5 Å². The summed E-state index contributed by atoms with van der Waals surface area (Å²) in [7, 11) is -1.37. The van der Waals surface area contributed by atoms with Crippen molar-refractivity contribution in [1.82, 2.24) is 0 Å². The molecule has 2 aromatic rings. The molecular weight excluding hydrogens is 303 g/mol. The van der Waals surface area contributed by atoms with Gasteiger partial charge in [0, 0.05) is 4.90 Å². The van der Waals surface area contributed by atoms with Gasteiger partial charge in [-0.3, -0.25) is 4.21 Å². The Hall–Kier alpha value is -1.72. The van der Waals surface area contributed by atoms with Crippen LogP contribution in [0.2, 0.25) is 5.02 Å². The topological polar surface area (TPSA) is 54.4 Å². The fourth-order valence-electron chi connectivity index (χ4n) is 1.61. The lowest BCUT2D eigenvalue weighted by Gasteiger charge is -2.04. The van der Waals surface area contributed by atoms with E-state index < -0.39 is 22.6 Å². The average molecular weight is 313 g/mol. The van der Waals surface area contributed by atoms with Crippen LogP contribution in [0.15, 0.2) is 47.4 Å². The molecule has 0 aromatic heterocycles. The zero-order chi connectivity index (χ0) is 14.7. The summed E-state index contributed by atoms with van der Waals surface area (Å²) in [4.78, 5) is 11.2. The van der Waals surface area contributed by atoms with Crippen LogP contribution in [0.3, 0.4) is 0 Å². The Morgan fingerprint density at radius 2 is 1.85 bits per heavy atom. The monoisotopic (exact) mass is 312 g/mol. The maximum atomic E-state index is 13.3. The van der Waals surface area contributed by atoms with Gasteiger partial charge in [-0.25, -0.2) is 9.18 Å². The third kappa shape index (κ3) is 3.43. The third-order valence-electron chi connectivity index (χ3n) is 2.65. The summed E-state index contributed by atoms with van der Waals surface area (Å²) in [6.07, 6.45) is 0. The third-order valence-corrected chi connectivity index (χ3v) is 4.35. The van der Waals surface area contributed by atoms with Crippen molar-refractivity contribution in [2.75, 3.05) is 0 Å². The van der Waals surface area contributed by atoms with Gasteiger partial charge in [-0.15, -0.1) is 0 Å². The first-order chi connectivity index (χ1) is 9.47. The molecule has 0 fully saturated rings. The minimum Gasteiger partial charge on any atom is -0.478 e.